The monoisotopic (exact) mass is 351 g/mol. The van der Waals surface area contributed by atoms with Gasteiger partial charge in [0.05, 0.1) is 0 Å². The quantitative estimate of drug-likeness (QED) is 0.648. The van der Waals surface area contributed by atoms with Gasteiger partial charge in [0.15, 0.2) is 0 Å². The first-order valence-electron chi connectivity index (χ1n) is 7.04. The number of halogens is 1. The van der Waals surface area contributed by atoms with Crippen LogP contribution in [0.15, 0.2) is 47.8 Å². The lowest BCUT2D eigenvalue weighted by Crippen LogP contribution is -2.34. The van der Waals surface area contributed by atoms with Crippen molar-refractivity contribution in [2.24, 2.45) is 0 Å². The van der Waals surface area contributed by atoms with Crippen molar-refractivity contribution in [1.29, 1.82) is 0 Å². The Kier molecular flexibility index (Phi) is 6.27. The Morgan fingerprint density at radius 1 is 1.15 bits per heavy atom. The van der Waals surface area contributed by atoms with Crippen molar-refractivity contribution >= 4 is 27.3 Å². The molecule has 0 N–H and O–H groups in total. The minimum atomic E-state index is 0.548. The Hall–Kier alpha value is -0.640. The third-order valence-corrected chi connectivity index (χ3v) is 5.48. The van der Waals surface area contributed by atoms with Gasteiger partial charge >= 0.3 is 0 Å². The summed E-state index contributed by atoms with van der Waals surface area (Å²) in [4.78, 5) is 3.94. The first-order chi connectivity index (χ1) is 9.70. The van der Waals surface area contributed by atoms with E-state index in [1.54, 1.807) is 0 Å². The van der Waals surface area contributed by atoms with Crippen LogP contribution < -0.4 is 0 Å². The van der Waals surface area contributed by atoms with E-state index in [4.69, 9.17) is 0 Å². The number of thiophene rings is 1. The summed E-state index contributed by atoms with van der Waals surface area (Å²) in [6.45, 7) is 3.40. The predicted molar refractivity (Wildman–Crippen MR) is 93.1 cm³/mol. The van der Waals surface area contributed by atoms with Gasteiger partial charge in [0.2, 0.25) is 0 Å². The van der Waals surface area contributed by atoms with Crippen molar-refractivity contribution in [2.75, 3.05) is 18.9 Å². The topological polar surface area (TPSA) is 3.24 Å². The maximum absolute atomic E-state index is 3.67. The largest absolute Gasteiger partial charge is 0.303 e. The van der Waals surface area contributed by atoms with E-state index in [-0.39, 0.29) is 0 Å². The summed E-state index contributed by atoms with van der Waals surface area (Å²) in [5.74, 6) is 0.548. The van der Waals surface area contributed by atoms with Gasteiger partial charge in [-0.25, -0.2) is 0 Å². The zero-order chi connectivity index (χ0) is 14.4. The Morgan fingerprint density at radius 3 is 2.50 bits per heavy atom. The van der Waals surface area contributed by atoms with Gasteiger partial charge in [-0.2, -0.15) is 0 Å². The molecule has 20 heavy (non-hydrogen) atoms. The molecule has 3 heteroatoms. The Labute approximate surface area is 134 Å². The highest BCUT2D eigenvalue weighted by Gasteiger charge is 2.17. The molecule has 2 rings (SSSR count). The molecule has 1 aromatic carbocycles. The molecule has 1 heterocycles. The molecule has 2 atom stereocenters. The van der Waals surface area contributed by atoms with Gasteiger partial charge in [0.25, 0.3) is 0 Å². The maximum Gasteiger partial charge on any atom is 0.0112 e. The minimum Gasteiger partial charge on any atom is -0.303 e. The summed E-state index contributed by atoms with van der Waals surface area (Å²) < 4.78 is 0. The number of hydrogen-bond donors (Lipinski definition) is 0. The fraction of sp³-hybridized carbons (Fsp3) is 0.412. The first-order valence-corrected chi connectivity index (χ1v) is 9.04. The van der Waals surface area contributed by atoms with Crippen molar-refractivity contribution in [1.82, 2.24) is 4.90 Å². The van der Waals surface area contributed by atoms with Crippen LogP contribution in [0.3, 0.4) is 0 Å². The lowest BCUT2D eigenvalue weighted by molar-refractivity contribution is 0.246. The third-order valence-electron chi connectivity index (χ3n) is 3.79. The standard InChI is InChI=1S/C17H22BrNS/c1-14(11-17-9-6-10-20-17)19(2)13-16(12-18)15-7-4-3-5-8-15/h3-10,14,16H,11-13H2,1-2H3. The molecule has 0 amide bonds. The van der Waals surface area contributed by atoms with Gasteiger partial charge < -0.3 is 4.90 Å². The molecule has 1 aromatic heterocycles. The molecular formula is C17H22BrNS. The molecular weight excluding hydrogens is 330 g/mol. The van der Waals surface area contributed by atoms with Crippen molar-refractivity contribution < 1.29 is 0 Å². The molecule has 1 nitrogen and oxygen atoms in total. The van der Waals surface area contributed by atoms with Crippen LogP contribution in [0.25, 0.3) is 0 Å². The second-order valence-electron chi connectivity index (χ2n) is 5.33. The van der Waals surface area contributed by atoms with Gasteiger partial charge in [-0.15, -0.1) is 11.3 Å². The Morgan fingerprint density at radius 2 is 1.90 bits per heavy atom. The number of hydrogen-bond acceptors (Lipinski definition) is 2. The fourth-order valence-corrected chi connectivity index (χ4v) is 3.78. The summed E-state index contributed by atoms with van der Waals surface area (Å²) >= 11 is 5.52. The van der Waals surface area contributed by atoms with E-state index in [1.165, 1.54) is 10.4 Å². The summed E-state index contributed by atoms with van der Waals surface area (Å²) in [6, 6.07) is 15.7. The number of nitrogens with zero attached hydrogens (tertiary/aromatic N) is 1. The summed E-state index contributed by atoms with van der Waals surface area (Å²) in [7, 11) is 2.23. The molecule has 0 spiro atoms. The predicted octanol–water partition coefficient (Wildman–Crippen LogP) is 4.79. The zero-order valence-corrected chi connectivity index (χ0v) is 14.5. The van der Waals surface area contributed by atoms with E-state index in [2.05, 4.69) is 82.6 Å². The van der Waals surface area contributed by atoms with E-state index < -0.39 is 0 Å². The smallest absolute Gasteiger partial charge is 0.0112 e. The molecule has 0 saturated carbocycles. The lowest BCUT2D eigenvalue weighted by Gasteiger charge is -2.28. The number of rotatable bonds is 7. The molecule has 108 valence electrons. The summed E-state index contributed by atoms with van der Waals surface area (Å²) in [6.07, 6.45) is 1.14. The van der Waals surface area contributed by atoms with Gasteiger partial charge in [0, 0.05) is 28.7 Å². The van der Waals surface area contributed by atoms with E-state index in [9.17, 15) is 0 Å². The van der Waals surface area contributed by atoms with E-state index in [0.29, 0.717) is 12.0 Å². The van der Waals surface area contributed by atoms with Crippen LogP contribution in [0.1, 0.15) is 23.3 Å². The van der Waals surface area contributed by atoms with Crippen molar-refractivity contribution in [3.8, 4) is 0 Å². The van der Waals surface area contributed by atoms with Crippen LogP contribution >= 0.6 is 27.3 Å². The highest BCUT2D eigenvalue weighted by molar-refractivity contribution is 9.09. The second-order valence-corrected chi connectivity index (χ2v) is 7.01. The van der Waals surface area contributed by atoms with Crippen LogP contribution in [0.4, 0.5) is 0 Å². The lowest BCUT2D eigenvalue weighted by atomic mass is 10.00. The SMILES string of the molecule is CC(Cc1cccs1)N(C)CC(CBr)c1ccccc1. The molecule has 2 aromatic rings. The van der Waals surface area contributed by atoms with Crippen molar-refractivity contribution in [2.45, 2.75) is 25.3 Å². The second kappa shape index (κ2) is 7.96. The molecule has 0 aliphatic heterocycles. The zero-order valence-electron chi connectivity index (χ0n) is 12.1. The highest BCUT2D eigenvalue weighted by atomic mass is 79.9. The highest BCUT2D eigenvalue weighted by Crippen LogP contribution is 2.21. The normalized spacial score (nSPS) is 14.4. The van der Waals surface area contributed by atoms with Crippen LogP contribution in [-0.4, -0.2) is 29.9 Å². The molecule has 0 fully saturated rings. The molecule has 0 radical (unpaired) electrons. The Bertz CT molecular complexity index is 483. The van der Waals surface area contributed by atoms with Crippen molar-refractivity contribution in [3.05, 3.63) is 58.3 Å². The van der Waals surface area contributed by atoms with Crippen LogP contribution in [0.5, 0.6) is 0 Å². The van der Waals surface area contributed by atoms with E-state index >= 15 is 0 Å². The Balaban J connectivity index is 1.93. The first kappa shape index (κ1) is 15.7. The third kappa shape index (κ3) is 4.44. The molecule has 0 saturated heterocycles. The van der Waals surface area contributed by atoms with Gasteiger partial charge in [-0.05, 0) is 37.4 Å². The molecule has 0 aliphatic carbocycles. The van der Waals surface area contributed by atoms with Gasteiger partial charge in [0.1, 0.15) is 0 Å². The molecule has 0 aliphatic rings. The summed E-state index contributed by atoms with van der Waals surface area (Å²) in [5, 5.41) is 3.17. The molecule has 0 bridgehead atoms. The van der Waals surface area contributed by atoms with Gasteiger partial charge in [-0.3, -0.25) is 0 Å². The van der Waals surface area contributed by atoms with Crippen LogP contribution in [0, 0.1) is 0 Å². The number of benzene rings is 1. The van der Waals surface area contributed by atoms with E-state index in [1.807, 2.05) is 11.3 Å². The number of alkyl halides is 1. The fourth-order valence-electron chi connectivity index (χ4n) is 2.37. The summed E-state index contributed by atoms with van der Waals surface area (Å²) in [5.41, 5.74) is 1.42. The average Bonchev–Trinajstić information content (AvgIpc) is 2.98. The maximum atomic E-state index is 3.67. The van der Waals surface area contributed by atoms with Crippen molar-refractivity contribution in [3.63, 3.8) is 0 Å². The number of likely N-dealkylation sites (N-methyl/N-ethyl adjacent to an activating group) is 1. The van der Waals surface area contributed by atoms with E-state index in [0.717, 1.165) is 18.3 Å². The van der Waals surface area contributed by atoms with Crippen LogP contribution in [-0.2, 0) is 6.42 Å². The van der Waals surface area contributed by atoms with Gasteiger partial charge in [-0.1, -0.05) is 52.3 Å². The average molecular weight is 352 g/mol. The minimum absolute atomic E-state index is 0.548. The molecule has 2 unspecified atom stereocenters. The van der Waals surface area contributed by atoms with Crippen LogP contribution in [0.2, 0.25) is 0 Å².